The van der Waals surface area contributed by atoms with Gasteiger partial charge in [0, 0.05) is 68.3 Å². The van der Waals surface area contributed by atoms with Gasteiger partial charge in [-0.15, -0.1) is 0 Å². The Hall–Kier alpha value is -8.83. The second-order valence-corrected chi connectivity index (χ2v) is 19.4. The first kappa shape index (κ1) is 58.4. The number of guanidine groups is 1. The van der Waals surface area contributed by atoms with Crippen molar-refractivity contribution in [1.29, 1.82) is 0 Å². The highest BCUT2D eigenvalue weighted by atomic mass is 16.2. The van der Waals surface area contributed by atoms with Crippen molar-refractivity contribution < 1.29 is 43.2 Å². The lowest BCUT2D eigenvalue weighted by Gasteiger charge is -2.28. The number of benzene rings is 3. The van der Waals surface area contributed by atoms with Gasteiger partial charge >= 0.3 is 0 Å². The number of primary amides is 1. The predicted octanol–water partition coefficient (Wildman–Crippen LogP) is -0.0951. The number of aliphatic imine (C=N–C) groups is 1. The minimum absolute atomic E-state index is 0.0366. The molecule has 24 nitrogen and oxygen atoms in total. The molecule has 1 aliphatic rings. The Morgan fingerprint density at radius 3 is 2.12 bits per heavy atom. The maximum Gasteiger partial charge on any atom is 0.243 e. The number of amides is 9. The minimum atomic E-state index is -1.59. The highest BCUT2D eigenvalue weighted by Crippen LogP contribution is 2.21. The molecule has 0 bridgehead atoms. The third-order valence-electron chi connectivity index (χ3n) is 13.3. The molecule has 1 fully saturated rings. The molecule has 2 unspecified atom stereocenters. The molecule has 16 N–H and O–H groups in total. The van der Waals surface area contributed by atoms with Crippen molar-refractivity contribution in [1.82, 2.24) is 57.5 Å². The van der Waals surface area contributed by atoms with E-state index in [9.17, 15) is 43.2 Å². The summed E-state index contributed by atoms with van der Waals surface area (Å²) in [6.07, 6.45) is 5.65. The third kappa shape index (κ3) is 17.6. The lowest BCUT2D eigenvalue weighted by molar-refractivity contribution is -0.136. The highest BCUT2D eigenvalue weighted by molar-refractivity contribution is 5.99. The van der Waals surface area contributed by atoms with Crippen LogP contribution in [0.15, 0.2) is 90.4 Å². The molecule has 3 aromatic carbocycles. The van der Waals surface area contributed by atoms with Crippen LogP contribution < -0.4 is 59.7 Å². The average Bonchev–Trinajstić information content (AvgIpc) is 4.10. The summed E-state index contributed by atoms with van der Waals surface area (Å²) in [5.74, 6) is -7.13. The molecule has 1 aliphatic heterocycles. The van der Waals surface area contributed by atoms with E-state index in [4.69, 9.17) is 17.2 Å². The van der Waals surface area contributed by atoms with Crippen LogP contribution in [0.4, 0.5) is 0 Å². The normalized spacial score (nSPS) is 20.9. The summed E-state index contributed by atoms with van der Waals surface area (Å²) in [6, 6.07) is 10.9. The van der Waals surface area contributed by atoms with Crippen molar-refractivity contribution in [3.8, 4) is 0 Å². The van der Waals surface area contributed by atoms with Gasteiger partial charge < -0.3 is 69.7 Å². The second kappa shape index (κ2) is 28.9. The minimum Gasteiger partial charge on any atom is -0.370 e. The second-order valence-electron chi connectivity index (χ2n) is 19.4. The van der Waals surface area contributed by atoms with Crippen LogP contribution in [0.3, 0.4) is 0 Å². The monoisotopic (exact) mass is 1070 g/mol. The molecule has 9 amide bonds. The van der Waals surface area contributed by atoms with E-state index in [0.29, 0.717) is 29.7 Å². The molecule has 0 aliphatic carbocycles. The van der Waals surface area contributed by atoms with E-state index < -0.39 is 102 Å². The van der Waals surface area contributed by atoms with Crippen LogP contribution >= 0.6 is 0 Å². The summed E-state index contributed by atoms with van der Waals surface area (Å²) in [4.78, 5) is 140. The van der Waals surface area contributed by atoms with Gasteiger partial charge in [-0.3, -0.25) is 48.1 Å². The molecule has 0 radical (unpaired) electrons. The van der Waals surface area contributed by atoms with Crippen molar-refractivity contribution in [2.45, 2.75) is 133 Å². The van der Waals surface area contributed by atoms with E-state index in [1.165, 1.54) is 19.4 Å². The summed E-state index contributed by atoms with van der Waals surface area (Å²) in [7, 11) is 0. The number of unbranched alkanes of at least 4 members (excludes halogenated alkanes) is 1. The zero-order valence-corrected chi connectivity index (χ0v) is 43.8. The van der Waals surface area contributed by atoms with Crippen LogP contribution in [-0.4, -0.2) is 129 Å². The van der Waals surface area contributed by atoms with Crippen molar-refractivity contribution in [3.05, 3.63) is 102 Å². The van der Waals surface area contributed by atoms with Gasteiger partial charge in [-0.05, 0) is 66.5 Å². The molecular formula is C54H71N15O9. The van der Waals surface area contributed by atoms with Crippen LogP contribution in [-0.2, 0) is 62.4 Å². The maximum absolute atomic E-state index is 15.0. The molecule has 7 atom stereocenters. The molecule has 78 heavy (non-hydrogen) atoms. The zero-order chi connectivity index (χ0) is 56.1. The lowest BCUT2D eigenvalue weighted by atomic mass is 9.99. The number of hydrogen-bond acceptors (Lipinski definition) is 11. The number of imidazole rings is 1. The molecule has 3 heterocycles. The maximum atomic E-state index is 15.0. The number of carbonyl (C=O) groups is 9. The number of rotatable bonds is 17. The Morgan fingerprint density at radius 1 is 0.744 bits per heavy atom. The largest absolute Gasteiger partial charge is 0.370 e. The SMILES string of the molecule is CCCCC(NC(C)=O)C(=O)NC1CC(=O)NCCCC[C@@H](C(N)=O)NC(=O)[C@H](Cc2c[nH]c3ccccc23)NC(=O)[C@H](CCCN=C(N)N)NC(=O)[C@@H](Cc2ccc3ccccc3c2)NC(=O)[C@H](Cc2cnc[nH]2)NC1=O. The third-order valence-corrected chi connectivity index (χ3v) is 13.3. The molecule has 416 valence electrons. The predicted molar refractivity (Wildman–Crippen MR) is 291 cm³/mol. The topological polar surface area (TPSA) is 385 Å². The van der Waals surface area contributed by atoms with Gasteiger partial charge in [0.25, 0.3) is 0 Å². The highest BCUT2D eigenvalue weighted by Gasteiger charge is 2.35. The van der Waals surface area contributed by atoms with Gasteiger partial charge in [-0.2, -0.15) is 0 Å². The van der Waals surface area contributed by atoms with Crippen LogP contribution in [0.25, 0.3) is 21.7 Å². The van der Waals surface area contributed by atoms with E-state index in [-0.39, 0.29) is 76.8 Å². The Balaban J connectivity index is 1.41. The molecule has 0 saturated carbocycles. The summed E-state index contributed by atoms with van der Waals surface area (Å²) in [5, 5.41) is 24.3. The number of para-hydroxylation sites is 1. The van der Waals surface area contributed by atoms with E-state index in [1.807, 2.05) is 67.6 Å². The smallest absolute Gasteiger partial charge is 0.243 e. The first-order chi connectivity index (χ1) is 37.5. The number of nitrogens with one attached hydrogen (secondary N) is 10. The first-order valence-corrected chi connectivity index (χ1v) is 26.2. The van der Waals surface area contributed by atoms with Crippen LogP contribution in [0.1, 0.15) is 88.5 Å². The van der Waals surface area contributed by atoms with E-state index in [1.54, 1.807) is 12.3 Å². The fourth-order valence-corrected chi connectivity index (χ4v) is 9.15. The number of carbonyl (C=O) groups excluding carboxylic acids is 9. The Labute approximate surface area is 450 Å². The standard InChI is InChI=1S/C54H71N15O9/c1-3-4-15-40(63-31(2)70)48(73)69-45-27-46(71)59-21-10-9-17-39(47(55)72)64-51(76)43(25-35-28-61-38-16-8-7-14-37(35)38)67-49(74)41(18-11-22-60-54(56)57)65-50(75)42(24-32-19-20-33-12-5-6-13-34(33)23-32)66-52(77)44(68-53(45)78)26-36-29-58-30-62-36/h5-8,12-14,16,19-20,23,28-30,39-45,61H,3-4,9-11,15,17-18,21-22,24-27H2,1-2H3,(H2,55,72)(H,58,62)(H,59,71)(H,63,70)(H,64,76)(H,65,75)(H,66,77)(H,67,74)(H,68,78)(H,69,73)(H4,56,57,60)/t39-,40?,41-,42+,43-,44-,45?/m0/s1. The molecule has 1 saturated heterocycles. The Kier molecular flexibility index (Phi) is 21.6. The Morgan fingerprint density at radius 2 is 1.41 bits per heavy atom. The van der Waals surface area contributed by atoms with Crippen LogP contribution in [0.2, 0.25) is 0 Å². The molecule has 5 aromatic rings. The van der Waals surface area contributed by atoms with Crippen molar-refractivity contribution >= 4 is 80.8 Å². The van der Waals surface area contributed by atoms with Crippen molar-refractivity contribution in [2.75, 3.05) is 13.1 Å². The number of nitrogens with zero attached hydrogens (tertiary/aromatic N) is 2. The summed E-state index contributed by atoms with van der Waals surface area (Å²) in [6.45, 7) is 3.25. The van der Waals surface area contributed by atoms with Gasteiger partial charge in [0.1, 0.15) is 42.3 Å². The number of aromatic nitrogens is 3. The summed E-state index contributed by atoms with van der Waals surface area (Å²) >= 11 is 0. The summed E-state index contributed by atoms with van der Waals surface area (Å²) < 4.78 is 0. The number of fused-ring (bicyclic) bond motifs is 2. The van der Waals surface area contributed by atoms with Crippen molar-refractivity contribution in [3.63, 3.8) is 0 Å². The zero-order valence-electron chi connectivity index (χ0n) is 43.8. The molecular weight excluding hydrogens is 1000 g/mol. The van der Waals surface area contributed by atoms with Gasteiger partial charge in [-0.25, -0.2) is 4.98 Å². The van der Waals surface area contributed by atoms with Gasteiger partial charge in [0.05, 0.1) is 12.7 Å². The fourth-order valence-electron chi connectivity index (χ4n) is 9.15. The van der Waals surface area contributed by atoms with E-state index in [0.717, 1.165) is 21.7 Å². The average molecular weight is 1070 g/mol. The molecule has 24 heteroatoms. The van der Waals surface area contributed by atoms with Crippen LogP contribution in [0, 0.1) is 0 Å². The molecule has 0 spiro atoms. The number of hydrogen-bond donors (Lipinski definition) is 13. The van der Waals surface area contributed by atoms with E-state index >= 15 is 0 Å². The van der Waals surface area contributed by atoms with E-state index in [2.05, 4.69) is 62.5 Å². The number of H-pyrrole nitrogens is 2. The molecule has 6 rings (SSSR count). The number of aromatic amines is 2. The lowest BCUT2D eigenvalue weighted by Crippen LogP contribution is -2.61. The first-order valence-electron chi connectivity index (χ1n) is 26.2. The van der Waals surface area contributed by atoms with Gasteiger partial charge in [-0.1, -0.05) is 80.4 Å². The van der Waals surface area contributed by atoms with Gasteiger partial charge in [0.2, 0.25) is 53.2 Å². The van der Waals surface area contributed by atoms with Gasteiger partial charge in [0.15, 0.2) is 5.96 Å². The summed E-state index contributed by atoms with van der Waals surface area (Å²) in [5.41, 5.74) is 19.5. The Bertz CT molecular complexity index is 2940. The fraction of sp³-hybridized carbons (Fsp3) is 0.426. The van der Waals surface area contributed by atoms with Crippen molar-refractivity contribution in [2.24, 2.45) is 22.2 Å². The van der Waals surface area contributed by atoms with Crippen LogP contribution in [0.5, 0.6) is 0 Å². The quantitative estimate of drug-likeness (QED) is 0.0330. The number of nitrogens with two attached hydrogens (primary N) is 3. The molecule has 2 aromatic heterocycles.